The van der Waals surface area contributed by atoms with Crippen LogP contribution in [-0.4, -0.2) is 28.8 Å². The van der Waals surface area contributed by atoms with Gasteiger partial charge in [0.05, 0.1) is 16.7 Å². The van der Waals surface area contributed by atoms with Crippen LogP contribution in [0.1, 0.15) is 37.3 Å². The van der Waals surface area contributed by atoms with E-state index in [4.69, 9.17) is 17.0 Å². The maximum Gasteiger partial charge on any atom is 0.312 e. The predicted molar refractivity (Wildman–Crippen MR) is 115 cm³/mol. The number of Topliss-reactive ketones (excluding diaryl/α,β-unsaturated/α-hetero) is 1. The molecule has 0 spiro atoms. The molecule has 0 aliphatic carbocycles. The summed E-state index contributed by atoms with van der Waals surface area (Å²) < 4.78 is 5.79. The number of carbonyl (C=O) groups is 2. The number of ether oxygens (including phenoxy) is 1. The summed E-state index contributed by atoms with van der Waals surface area (Å²) in [5, 5.41) is 0. The molecule has 2 aromatic rings. The highest BCUT2D eigenvalue weighted by Crippen LogP contribution is 2.37. The van der Waals surface area contributed by atoms with E-state index in [1.807, 2.05) is 67.6 Å². The molecule has 0 fully saturated rings. The zero-order valence-corrected chi connectivity index (χ0v) is 17.4. The molecule has 0 aliphatic heterocycles. The quantitative estimate of drug-likeness (QED) is 0.459. The molecular weight excluding hydrogens is 376 g/mol. The zero-order chi connectivity index (χ0) is 19.9. The number of rotatable bonds is 8. The largest absolute Gasteiger partial charge is 0.469 e. The lowest BCUT2D eigenvalue weighted by atomic mass is 9.78. The molecule has 5 heteroatoms. The number of hydrogen-bond acceptors (Lipinski definition) is 5. The van der Waals surface area contributed by atoms with Gasteiger partial charge in [-0.3, -0.25) is 9.59 Å². The van der Waals surface area contributed by atoms with Gasteiger partial charge in [-0.15, -0.1) is 11.8 Å². The van der Waals surface area contributed by atoms with E-state index >= 15 is 0 Å². The van der Waals surface area contributed by atoms with Crippen molar-refractivity contribution in [3.8, 4) is 0 Å². The lowest BCUT2D eigenvalue weighted by Crippen LogP contribution is -2.35. The minimum absolute atomic E-state index is 0.0342. The fourth-order valence-electron chi connectivity index (χ4n) is 2.96. The first-order valence-corrected chi connectivity index (χ1v) is 10.1. The summed E-state index contributed by atoms with van der Waals surface area (Å²) in [4.78, 5) is 24.9. The summed E-state index contributed by atoms with van der Waals surface area (Å²) >= 11 is 6.96. The fourth-order valence-corrected chi connectivity index (χ4v) is 4.26. The molecule has 2 aromatic carbocycles. The van der Waals surface area contributed by atoms with E-state index in [0.29, 0.717) is 12.2 Å². The molecule has 2 rings (SSSR count). The van der Waals surface area contributed by atoms with Gasteiger partial charge >= 0.3 is 5.97 Å². The molecule has 142 valence electrons. The van der Waals surface area contributed by atoms with Crippen LogP contribution >= 0.6 is 24.0 Å². The summed E-state index contributed by atoms with van der Waals surface area (Å²) in [5.41, 5.74) is 1.04. The number of thiocarbonyl (C=S) groups is 1. The van der Waals surface area contributed by atoms with E-state index in [1.54, 1.807) is 6.92 Å². The molecule has 0 heterocycles. The van der Waals surface area contributed by atoms with Gasteiger partial charge in [-0.1, -0.05) is 72.9 Å². The molecule has 27 heavy (non-hydrogen) atoms. The van der Waals surface area contributed by atoms with Crippen LogP contribution in [-0.2, 0) is 14.3 Å². The molecule has 0 radical (unpaired) electrons. The van der Waals surface area contributed by atoms with Gasteiger partial charge in [0, 0.05) is 11.7 Å². The SMILES string of the molecule is COC(=O)C(C)(CSC(=S)c1ccccc1)CC(C(C)=O)c1ccccc1. The predicted octanol–water partition coefficient (Wildman–Crippen LogP) is 5.04. The summed E-state index contributed by atoms with van der Waals surface area (Å²) in [6.45, 7) is 3.41. The Morgan fingerprint density at radius 2 is 1.63 bits per heavy atom. The molecule has 2 unspecified atom stereocenters. The van der Waals surface area contributed by atoms with E-state index in [-0.39, 0.29) is 17.7 Å². The molecule has 0 aliphatic rings. The Morgan fingerprint density at radius 1 is 1.07 bits per heavy atom. The molecular formula is C22H24O3S2. The van der Waals surface area contributed by atoms with Crippen molar-refractivity contribution in [3.63, 3.8) is 0 Å². The Labute approximate surface area is 170 Å². The first-order chi connectivity index (χ1) is 12.9. The van der Waals surface area contributed by atoms with E-state index in [2.05, 4.69) is 0 Å². The monoisotopic (exact) mass is 400 g/mol. The van der Waals surface area contributed by atoms with Gasteiger partial charge in [-0.25, -0.2) is 0 Å². The van der Waals surface area contributed by atoms with E-state index < -0.39 is 5.41 Å². The molecule has 2 atom stereocenters. The van der Waals surface area contributed by atoms with Crippen LogP contribution in [0.3, 0.4) is 0 Å². The number of thioether (sulfide) groups is 1. The van der Waals surface area contributed by atoms with E-state index in [0.717, 1.165) is 15.3 Å². The standard InChI is InChI=1S/C22H24O3S2/c1-16(23)19(17-10-6-4-7-11-17)14-22(2,21(24)25-3)15-27-20(26)18-12-8-5-9-13-18/h4-13,19H,14-15H2,1-3H3. The van der Waals surface area contributed by atoms with Crippen LogP contribution in [0.2, 0.25) is 0 Å². The van der Waals surface area contributed by atoms with Gasteiger partial charge < -0.3 is 4.74 Å². The fraction of sp³-hybridized carbons (Fsp3) is 0.318. The first-order valence-electron chi connectivity index (χ1n) is 8.73. The third-order valence-corrected chi connectivity index (χ3v) is 6.43. The minimum Gasteiger partial charge on any atom is -0.469 e. The van der Waals surface area contributed by atoms with Gasteiger partial charge in [0.15, 0.2) is 0 Å². The Kier molecular flexibility index (Phi) is 7.75. The highest BCUT2D eigenvalue weighted by Gasteiger charge is 2.39. The van der Waals surface area contributed by atoms with Crippen molar-refractivity contribution in [2.24, 2.45) is 5.41 Å². The maximum atomic E-state index is 12.6. The summed E-state index contributed by atoms with van der Waals surface area (Å²) in [5.74, 6) is -0.203. The maximum absolute atomic E-state index is 12.6. The van der Waals surface area contributed by atoms with Gasteiger partial charge in [-0.05, 0) is 31.4 Å². The molecule has 0 bridgehead atoms. The van der Waals surface area contributed by atoms with Crippen molar-refractivity contribution in [1.29, 1.82) is 0 Å². The topological polar surface area (TPSA) is 43.4 Å². The number of esters is 1. The molecule has 0 aromatic heterocycles. The lowest BCUT2D eigenvalue weighted by molar-refractivity contribution is -0.151. The second-order valence-electron chi connectivity index (χ2n) is 6.77. The van der Waals surface area contributed by atoms with Crippen LogP contribution < -0.4 is 0 Å². The van der Waals surface area contributed by atoms with Gasteiger partial charge in [0.2, 0.25) is 0 Å². The Morgan fingerprint density at radius 3 is 2.15 bits per heavy atom. The number of hydrogen-bond donors (Lipinski definition) is 0. The second kappa shape index (κ2) is 9.81. The van der Waals surface area contributed by atoms with Crippen molar-refractivity contribution >= 4 is 39.9 Å². The van der Waals surface area contributed by atoms with E-state index in [1.165, 1.54) is 18.9 Å². The normalized spacial score (nSPS) is 14.0. The van der Waals surface area contributed by atoms with Crippen molar-refractivity contribution in [3.05, 3.63) is 71.8 Å². The Hall–Kier alpha value is -1.98. The van der Waals surface area contributed by atoms with Crippen LogP contribution in [0, 0.1) is 5.41 Å². The van der Waals surface area contributed by atoms with Crippen molar-refractivity contribution < 1.29 is 14.3 Å². The number of benzene rings is 2. The average molecular weight is 401 g/mol. The molecule has 3 nitrogen and oxygen atoms in total. The molecule has 0 N–H and O–H groups in total. The van der Waals surface area contributed by atoms with Gasteiger partial charge in [0.25, 0.3) is 0 Å². The number of carbonyl (C=O) groups excluding carboxylic acids is 2. The smallest absolute Gasteiger partial charge is 0.312 e. The van der Waals surface area contributed by atoms with Crippen LogP contribution in [0.4, 0.5) is 0 Å². The highest BCUT2D eigenvalue weighted by atomic mass is 32.2. The first kappa shape index (κ1) is 21.3. The van der Waals surface area contributed by atoms with Crippen molar-refractivity contribution in [1.82, 2.24) is 0 Å². The summed E-state index contributed by atoms with van der Waals surface area (Å²) in [7, 11) is 1.38. The van der Waals surface area contributed by atoms with Crippen LogP contribution in [0.5, 0.6) is 0 Å². The van der Waals surface area contributed by atoms with Gasteiger partial charge in [-0.2, -0.15) is 0 Å². The third kappa shape index (κ3) is 5.75. The Balaban J connectivity index is 2.20. The molecule has 0 amide bonds. The number of ketones is 1. The lowest BCUT2D eigenvalue weighted by Gasteiger charge is -2.30. The summed E-state index contributed by atoms with van der Waals surface area (Å²) in [6, 6.07) is 19.3. The number of methoxy groups -OCH3 is 1. The highest BCUT2D eigenvalue weighted by molar-refractivity contribution is 8.23. The minimum atomic E-state index is -0.829. The summed E-state index contributed by atoms with van der Waals surface area (Å²) in [6.07, 6.45) is 0.378. The van der Waals surface area contributed by atoms with Crippen molar-refractivity contribution in [2.45, 2.75) is 26.2 Å². The van der Waals surface area contributed by atoms with Gasteiger partial charge in [0.1, 0.15) is 5.78 Å². The van der Waals surface area contributed by atoms with Crippen LogP contribution in [0.15, 0.2) is 60.7 Å². The molecule has 0 saturated carbocycles. The van der Waals surface area contributed by atoms with Crippen molar-refractivity contribution in [2.75, 3.05) is 12.9 Å². The second-order valence-corrected chi connectivity index (χ2v) is 8.42. The third-order valence-electron chi connectivity index (χ3n) is 4.56. The van der Waals surface area contributed by atoms with Crippen LogP contribution in [0.25, 0.3) is 0 Å². The average Bonchev–Trinajstić information content (AvgIpc) is 2.70. The Bertz CT molecular complexity index is 790. The molecule has 0 saturated heterocycles. The van der Waals surface area contributed by atoms with E-state index in [9.17, 15) is 9.59 Å². The zero-order valence-electron chi connectivity index (χ0n) is 15.8.